The van der Waals surface area contributed by atoms with E-state index in [1.807, 2.05) is 13.0 Å². The van der Waals surface area contributed by atoms with E-state index >= 15 is 0 Å². The van der Waals surface area contributed by atoms with Gasteiger partial charge < -0.3 is 14.5 Å². The maximum atomic E-state index is 11.6. The summed E-state index contributed by atoms with van der Waals surface area (Å²) in [5.41, 5.74) is 1.83. The summed E-state index contributed by atoms with van der Waals surface area (Å²) in [5, 5.41) is 10.1. The van der Waals surface area contributed by atoms with Gasteiger partial charge in [-0.3, -0.25) is 4.98 Å². The van der Waals surface area contributed by atoms with Crippen molar-refractivity contribution in [1.29, 1.82) is 0 Å². The number of nitrogens with one attached hydrogen (secondary N) is 1. The Morgan fingerprint density at radius 3 is 2.96 bits per heavy atom. The van der Waals surface area contributed by atoms with Crippen molar-refractivity contribution in [3.05, 3.63) is 43.1 Å². The second-order valence-corrected chi connectivity index (χ2v) is 4.88. The molecule has 0 bridgehead atoms. The highest BCUT2D eigenvalue weighted by Gasteiger charge is 2.10. The lowest BCUT2D eigenvalue weighted by Gasteiger charge is -2.07. The van der Waals surface area contributed by atoms with E-state index < -0.39 is 6.09 Å². The first-order chi connectivity index (χ1) is 11.8. The van der Waals surface area contributed by atoms with Crippen LogP contribution in [0.2, 0.25) is 0 Å². The Kier molecular flexibility index (Phi) is 4.76. The topological polar surface area (TPSA) is 103 Å². The van der Waals surface area contributed by atoms with E-state index in [1.54, 1.807) is 24.4 Å². The van der Waals surface area contributed by atoms with Gasteiger partial charge >= 0.3 is 6.09 Å². The summed E-state index contributed by atoms with van der Waals surface area (Å²) in [5.74, 6) is 0.710. The Hall–Kier alpha value is -3.29. The number of aromatic nitrogens is 4. The van der Waals surface area contributed by atoms with Crippen LogP contribution in [-0.2, 0) is 0 Å². The lowest BCUT2D eigenvalue weighted by atomic mass is 10.1. The third kappa shape index (κ3) is 3.72. The molecule has 2 aromatic heterocycles. The molecule has 0 fully saturated rings. The number of nitrogens with zero attached hydrogens (tertiary/aromatic N) is 4. The molecule has 3 aromatic rings. The van der Waals surface area contributed by atoms with Gasteiger partial charge in [0.15, 0.2) is 0 Å². The first kappa shape index (κ1) is 15.6. The van der Waals surface area contributed by atoms with Gasteiger partial charge in [-0.2, -0.15) is 0 Å². The second-order valence-electron chi connectivity index (χ2n) is 4.88. The molecule has 0 aliphatic carbocycles. The fraction of sp³-hybridized carbons (Fsp3) is 0.188. The number of carbonyl (C=O) groups is 1. The molecule has 0 aliphatic rings. The second kappa shape index (κ2) is 7.32. The van der Waals surface area contributed by atoms with Crippen molar-refractivity contribution < 1.29 is 13.9 Å². The van der Waals surface area contributed by atoms with Crippen LogP contribution < -0.4 is 10.1 Å². The van der Waals surface area contributed by atoms with Crippen LogP contribution in [0.1, 0.15) is 13.3 Å². The monoisotopic (exact) mass is 325 g/mol. The molecule has 122 valence electrons. The molecule has 1 N–H and O–H groups in total. The summed E-state index contributed by atoms with van der Waals surface area (Å²) in [4.78, 5) is 20.2. The van der Waals surface area contributed by atoms with Crippen molar-refractivity contribution in [2.24, 2.45) is 0 Å². The largest absolute Gasteiger partial charge is 0.422 e. The molecule has 0 saturated carbocycles. The maximum Gasteiger partial charge on any atom is 0.412 e. The Balaban J connectivity index is 1.81. The van der Waals surface area contributed by atoms with E-state index in [4.69, 9.17) is 9.15 Å². The first-order valence-corrected chi connectivity index (χ1v) is 7.41. The molecular weight excluding hydrogens is 310 g/mol. The molecule has 2 heterocycles. The molecule has 0 radical (unpaired) electrons. The lowest BCUT2D eigenvalue weighted by molar-refractivity contribution is 0.200. The SMILES string of the molecule is CCCNC(=O)Oc1cccc(-c2cncc(-c3nnco3)n2)c1. The Morgan fingerprint density at radius 1 is 1.29 bits per heavy atom. The minimum atomic E-state index is -0.486. The standard InChI is InChI=1S/C16H15N5O3/c1-2-6-18-16(22)24-12-5-3-4-11(7-12)13-8-17-9-14(20-13)15-21-19-10-23-15/h3-5,7-10H,2,6H2,1H3,(H,18,22). The first-order valence-electron chi connectivity index (χ1n) is 7.41. The van der Waals surface area contributed by atoms with Crippen molar-refractivity contribution in [1.82, 2.24) is 25.5 Å². The smallest absolute Gasteiger partial charge is 0.412 e. The minimum absolute atomic E-state index is 0.288. The predicted octanol–water partition coefficient (Wildman–Crippen LogP) is 2.69. The van der Waals surface area contributed by atoms with Crippen LogP contribution in [0.5, 0.6) is 5.75 Å². The number of ether oxygens (including phenoxy) is 1. The Morgan fingerprint density at radius 2 is 2.17 bits per heavy atom. The van der Waals surface area contributed by atoms with Crippen molar-refractivity contribution in [2.45, 2.75) is 13.3 Å². The van der Waals surface area contributed by atoms with E-state index in [1.165, 1.54) is 12.6 Å². The van der Waals surface area contributed by atoms with Crippen LogP contribution in [0, 0.1) is 0 Å². The van der Waals surface area contributed by atoms with Gasteiger partial charge in [-0.25, -0.2) is 9.78 Å². The third-order valence-electron chi connectivity index (χ3n) is 3.07. The summed E-state index contributed by atoms with van der Waals surface area (Å²) >= 11 is 0. The van der Waals surface area contributed by atoms with E-state index in [9.17, 15) is 4.79 Å². The molecule has 8 heteroatoms. The number of benzene rings is 1. The molecule has 1 aromatic carbocycles. The maximum absolute atomic E-state index is 11.6. The van der Waals surface area contributed by atoms with Gasteiger partial charge in [0, 0.05) is 12.1 Å². The molecule has 1 amide bonds. The normalized spacial score (nSPS) is 10.4. The molecule has 8 nitrogen and oxygen atoms in total. The van der Waals surface area contributed by atoms with Gasteiger partial charge in [-0.1, -0.05) is 19.1 Å². The van der Waals surface area contributed by atoms with Crippen molar-refractivity contribution in [3.63, 3.8) is 0 Å². The van der Waals surface area contributed by atoms with Gasteiger partial charge in [0.25, 0.3) is 5.89 Å². The van der Waals surface area contributed by atoms with Crippen molar-refractivity contribution in [3.8, 4) is 28.6 Å². The Bertz CT molecular complexity index is 820. The molecule has 0 atom stereocenters. The minimum Gasteiger partial charge on any atom is -0.422 e. The molecule has 3 rings (SSSR count). The van der Waals surface area contributed by atoms with Crippen LogP contribution in [-0.4, -0.2) is 32.8 Å². The third-order valence-corrected chi connectivity index (χ3v) is 3.07. The summed E-state index contributed by atoms with van der Waals surface area (Å²) < 4.78 is 10.4. The summed E-state index contributed by atoms with van der Waals surface area (Å²) in [6.45, 7) is 2.53. The zero-order valence-electron chi connectivity index (χ0n) is 13.0. The van der Waals surface area contributed by atoms with Crippen LogP contribution in [0.4, 0.5) is 4.79 Å². The van der Waals surface area contributed by atoms with Crippen molar-refractivity contribution >= 4 is 6.09 Å². The summed E-state index contributed by atoms with van der Waals surface area (Å²) in [6.07, 6.45) is 4.73. The number of carbonyl (C=O) groups excluding carboxylic acids is 1. The zero-order chi connectivity index (χ0) is 16.8. The average Bonchev–Trinajstić information content (AvgIpc) is 3.15. The van der Waals surface area contributed by atoms with Gasteiger partial charge in [-0.15, -0.1) is 10.2 Å². The van der Waals surface area contributed by atoms with Crippen LogP contribution in [0.15, 0.2) is 47.5 Å². The highest BCUT2D eigenvalue weighted by Crippen LogP contribution is 2.23. The number of hydrogen-bond donors (Lipinski definition) is 1. The highest BCUT2D eigenvalue weighted by molar-refractivity contribution is 5.71. The van der Waals surface area contributed by atoms with Gasteiger partial charge in [0.05, 0.1) is 18.1 Å². The van der Waals surface area contributed by atoms with Crippen LogP contribution in [0.25, 0.3) is 22.8 Å². The van der Waals surface area contributed by atoms with Gasteiger partial charge in [0.2, 0.25) is 6.39 Å². The van der Waals surface area contributed by atoms with Gasteiger partial charge in [0.1, 0.15) is 11.4 Å². The van der Waals surface area contributed by atoms with E-state index in [0.29, 0.717) is 23.7 Å². The molecule has 0 unspecified atom stereocenters. The summed E-state index contributed by atoms with van der Waals surface area (Å²) in [7, 11) is 0. The molecule has 0 saturated heterocycles. The molecule has 24 heavy (non-hydrogen) atoms. The molecular formula is C16H15N5O3. The fourth-order valence-electron chi connectivity index (χ4n) is 1.98. The fourth-order valence-corrected chi connectivity index (χ4v) is 1.98. The summed E-state index contributed by atoms with van der Waals surface area (Å²) in [6, 6.07) is 7.04. The van der Waals surface area contributed by atoms with E-state index in [-0.39, 0.29) is 5.89 Å². The van der Waals surface area contributed by atoms with Gasteiger partial charge in [-0.05, 0) is 18.6 Å². The Labute approximate surface area is 137 Å². The average molecular weight is 325 g/mol. The van der Waals surface area contributed by atoms with Crippen molar-refractivity contribution in [2.75, 3.05) is 6.54 Å². The zero-order valence-corrected chi connectivity index (χ0v) is 13.0. The highest BCUT2D eigenvalue weighted by atomic mass is 16.6. The molecule has 0 aliphatic heterocycles. The number of amides is 1. The molecule has 0 spiro atoms. The van der Waals surface area contributed by atoms with Crippen LogP contribution >= 0.6 is 0 Å². The predicted molar refractivity (Wildman–Crippen MR) is 85.1 cm³/mol. The number of rotatable bonds is 5. The quantitative estimate of drug-likeness (QED) is 0.769. The number of hydrogen-bond acceptors (Lipinski definition) is 7. The van der Waals surface area contributed by atoms with Crippen LogP contribution in [0.3, 0.4) is 0 Å². The van der Waals surface area contributed by atoms with E-state index in [2.05, 4.69) is 25.5 Å². The lowest BCUT2D eigenvalue weighted by Crippen LogP contribution is -2.27. The van der Waals surface area contributed by atoms with E-state index in [0.717, 1.165) is 12.0 Å².